The molecule has 1 aromatic heterocycles. The Bertz CT molecular complexity index is 371. The number of nitrogens with zero attached hydrogens (tertiary/aromatic N) is 2. The zero-order chi connectivity index (χ0) is 12.3. The molecule has 2 fully saturated rings. The molecule has 1 saturated carbocycles. The summed E-state index contributed by atoms with van der Waals surface area (Å²) in [6, 6.07) is 6.20. The summed E-state index contributed by atoms with van der Waals surface area (Å²) in [6.45, 7) is 4.73. The van der Waals surface area contributed by atoms with Crippen molar-refractivity contribution in [1.82, 2.24) is 15.2 Å². The number of hydrogen-bond donors (Lipinski definition) is 1. The zero-order valence-corrected chi connectivity index (χ0v) is 11.1. The van der Waals surface area contributed by atoms with E-state index >= 15 is 0 Å². The van der Waals surface area contributed by atoms with Crippen molar-refractivity contribution < 1.29 is 0 Å². The van der Waals surface area contributed by atoms with Crippen LogP contribution in [0, 0.1) is 0 Å². The van der Waals surface area contributed by atoms with Gasteiger partial charge in [0, 0.05) is 50.0 Å². The summed E-state index contributed by atoms with van der Waals surface area (Å²) in [6.07, 6.45) is 8.52. The SMILES string of the molecule is c1ccc(CCN2CCNC3(CCCC3)C2)nc1. The Labute approximate surface area is 110 Å². The van der Waals surface area contributed by atoms with Crippen LogP contribution in [0.1, 0.15) is 31.4 Å². The van der Waals surface area contributed by atoms with E-state index in [1.807, 2.05) is 12.3 Å². The van der Waals surface area contributed by atoms with Gasteiger partial charge >= 0.3 is 0 Å². The third-order valence-electron chi connectivity index (χ3n) is 4.43. The van der Waals surface area contributed by atoms with E-state index in [1.165, 1.54) is 44.5 Å². The molecule has 2 aliphatic rings. The molecule has 3 nitrogen and oxygen atoms in total. The number of nitrogens with one attached hydrogen (secondary N) is 1. The van der Waals surface area contributed by atoms with E-state index in [0.29, 0.717) is 5.54 Å². The van der Waals surface area contributed by atoms with Crippen LogP contribution in [0.4, 0.5) is 0 Å². The molecule has 3 rings (SSSR count). The van der Waals surface area contributed by atoms with Gasteiger partial charge in [-0.25, -0.2) is 0 Å². The molecular weight excluding hydrogens is 222 g/mol. The fourth-order valence-electron chi connectivity index (χ4n) is 3.44. The van der Waals surface area contributed by atoms with Gasteiger partial charge in [0.2, 0.25) is 0 Å². The Hall–Kier alpha value is -0.930. The molecule has 1 aromatic rings. The summed E-state index contributed by atoms with van der Waals surface area (Å²) in [5.74, 6) is 0. The predicted molar refractivity (Wildman–Crippen MR) is 73.6 cm³/mol. The Kier molecular flexibility index (Phi) is 3.62. The second kappa shape index (κ2) is 5.37. The lowest BCUT2D eigenvalue weighted by atomic mass is 9.94. The zero-order valence-electron chi connectivity index (χ0n) is 11.1. The number of hydrogen-bond acceptors (Lipinski definition) is 3. The van der Waals surface area contributed by atoms with Crippen LogP contribution in [0.2, 0.25) is 0 Å². The van der Waals surface area contributed by atoms with Gasteiger partial charge in [0.15, 0.2) is 0 Å². The molecule has 1 aliphatic heterocycles. The Balaban J connectivity index is 1.54. The van der Waals surface area contributed by atoms with Crippen molar-refractivity contribution >= 4 is 0 Å². The number of aromatic nitrogens is 1. The Morgan fingerprint density at radius 2 is 2.17 bits per heavy atom. The van der Waals surface area contributed by atoms with E-state index in [9.17, 15) is 0 Å². The van der Waals surface area contributed by atoms with Crippen LogP contribution >= 0.6 is 0 Å². The summed E-state index contributed by atoms with van der Waals surface area (Å²) in [5.41, 5.74) is 1.67. The molecule has 0 amide bonds. The van der Waals surface area contributed by atoms with Crippen molar-refractivity contribution in [2.24, 2.45) is 0 Å². The fourth-order valence-corrected chi connectivity index (χ4v) is 3.44. The van der Waals surface area contributed by atoms with E-state index in [-0.39, 0.29) is 0 Å². The van der Waals surface area contributed by atoms with Gasteiger partial charge in [0.05, 0.1) is 0 Å². The van der Waals surface area contributed by atoms with Gasteiger partial charge in [-0.2, -0.15) is 0 Å². The van der Waals surface area contributed by atoms with Crippen molar-refractivity contribution in [2.45, 2.75) is 37.6 Å². The van der Waals surface area contributed by atoms with Crippen LogP contribution in [0.15, 0.2) is 24.4 Å². The summed E-state index contributed by atoms with van der Waals surface area (Å²) in [7, 11) is 0. The summed E-state index contributed by atoms with van der Waals surface area (Å²) < 4.78 is 0. The molecule has 0 bridgehead atoms. The molecule has 1 aliphatic carbocycles. The second-order valence-corrected chi connectivity index (χ2v) is 5.76. The molecule has 3 heteroatoms. The molecule has 0 unspecified atom stereocenters. The highest BCUT2D eigenvalue weighted by Crippen LogP contribution is 2.31. The van der Waals surface area contributed by atoms with Gasteiger partial charge < -0.3 is 5.32 Å². The first-order valence-electron chi connectivity index (χ1n) is 7.24. The monoisotopic (exact) mass is 245 g/mol. The van der Waals surface area contributed by atoms with Gasteiger partial charge in [-0.15, -0.1) is 0 Å². The highest BCUT2D eigenvalue weighted by atomic mass is 15.2. The van der Waals surface area contributed by atoms with E-state index in [0.717, 1.165) is 19.5 Å². The molecule has 0 atom stereocenters. The highest BCUT2D eigenvalue weighted by molar-refractivity contribution is 5.04. The van der Waals surface area contributed by atoms with E-state index < -0.39 is 0 Å². The minimum atomic E-state index is 0.447. The quantitative estimate of drug-likeness (QED) is 0.881. The third kappa shape index (κ3) is 2.73. The third-order valence-corrected chi connectivity index (χ3v) is 4.43. The van der Waals surface area contributed by atoms with Crippen molar-refractivity contribution in [2.75, 3.05) is 26.2 Å². The van der Waals surface area contributed by atoms with Gasteiger partial charge in [0.1, 0.15) is 0 Å². The highest BCUT2D eigenvalue weighted by Gasteiger charge is 2.37. The Morgan fingerprint density at radius 3 is 2.94 bits per heavy atom. The molecule has 1 spiro atoms. The van der Waals surface area contributed by atoms with E-state index in [1.54, 1.807) is 0 Å². The second-order valence-electron chi connectivity index (χ2n) is 5.76. The molecule has 98 valence electrons. The average Bonchev–Trinajstić information content (AvgIpc) is 2.86. The van der Waals surface area contributed by atoms with Crippen LogP contribution in [0.5, 0.6) is 0 Å². The largest absolute Gasteiger partial charge is 0.309 e. The molecule has 1 N–H and O–H groups in total. The molecule has 2 heterocycles. The maximum absolute atomic E-state index is 4.41. The maximum atomic E-state index is 4.41. The van der Waals surface area contributed by atoms with Crippen molar-refractivity contribution in [3.63, 3.8) is 0 Å². The predicted octanol–water partition coefficient (Wildman–Crippen LogP) is 1.84. The fraction of sp³-hybridized carbons (Fsp3) is 0.667. The van der Waals surface area contributed by atoms with Crippen molar-refractivity contribution in [3.8, 4) is 0 Å². The first kappa shape index (κ1) is 12.1. The smallest absolute Gasteiger partial charge is 0.0416 e. The Morgan fingerprint density at radius 1 is 1.28 bits per heavy atom. The standard InChI is InChI=1S/C15H23N3/c1-4-9-16-14(5-1)6-11-18-12-10-17-15(13-18)7-2-3-8-15/h1,4-5,9,17H,2-3,6-8,10-13H2. The summed E-state index contributed by atoms with van der Waals surface area (Å²) in [4.78, 5) is 7.03. The van der Waals surface area contributed by atoms with E-state index in [2.05, 4.69) is 27.3 Å². The van der Waals surface area contributed by atoms with Gasteiger partial charge in [-0.3, -0.25) is 9.88 Å². The first-order valence-corrected chi connectivity index (χ1v) is 7.24. The van der Waals surface area contributed by atoms with Crippen LogP contribution < -0.4 is 5.32 Å². The van der Waals surface area contributed by atoms with Gasteiger partial charge in [-0.05, 0) is 25.0 Å². The van der Waals surface area contributed by atoms with Crippen LogP contribution in [-0.2, 0) is 6.42 Å². The molecular formula is C15H23N3. The van der Waals surface area contributed by atoms with Crippen LogP contribution in [0.25, 0.3) is 0 Å². The van der Waals surface area contributed by atoms with Gasteiger partial charge in [0.25, 0.3) is 0 Å². The summed E-state index contributed by atoms with van der Waals surface area (Å²) in [5, 5.41) is 3.77. The maximum Gasteiger partial charge on any atom is 0.0416 e. The lowest BCUT2D eigenvalue weighted by Crippen LogP contribution is -2.59. The first-order chi connectivity index (χ1) is 8.86. The topological polar surface area (TPSA) is 28.2 Å². The van der Waals surface area contributed by atoms with Crippen molar-refractivity contribution in [1.29, 1.82) is 0 Å². The van der Waals surface area contributed by atoms with E-state index in [4.69, 9.17) is 0 Å². The summed E-state index contributed by atoms with van der Waals surface area (Å²) >= 11 is 0. The average molecular weight is 245 g/mol. The molecule has 18 heavy (non-hydrogen) atoms. The lowest BCUT2D eigenvalue weighted by molar-refractivity contribution is 0.136. The lowest BCUT2D eigenvalue weighted by Gasteiger charge is -2.41. The van der Waals surface area contributed by atoms with Crippen molar-refractivity contribution in [3.05, 3.63) is 30.1 Å². The number of pyridine rings is 1. The number of piperazine rings is 1. The number of rotatable bonds is 3. The molecule has 0 radical (unpaired) electrons. The minimum absolute atomic E-state index is 0.447. The van der Waals surface area contributed by atoms with Crippen LogP contribution in [-0.4, -0.2) is 41.6 Å². The van der Waals surface area contributed by atoms with Crippen LogP contribution in [0.3, 0.4) is 0 Å². The molecule has 1 saturated heterocycles. The molecule has 0 aromatic carbocycles. The minimum Gasteiger partial charge on any atom is -0.309 e. The van der Waals surface area contributed by atoms with Gasteiger partial charge in [-0.1, -0.05) is 18.9 Å². The normalized spacial score (nSPS) is 23.6.